The van der Waals surface area contributed by atoms with Crippen molar-refractivity contribution in [1.29, 1.82) is 0 Å². The molecule has 214 valence electrons. The maximum atomic E-state index is 14.2. The van der Waals surface area contributed by atoms with E-state index < -0.39 is 23.7 Å². The predicted octanol–water partition coefficient (Wildman–Crippen LogP) is 5.02. The van der Waals surface area contributed by atoms with Crippen LogP contribution < -0.4 is 10.2 Å². The van der Waals surface area contributed by atoms with E-state index in [0.717, 1.165) is 21.3 Å². The highest BCUT2D eigenvalue weighted by Gasteiger charge is 2.34. The van der Waals surface area contributed by atoms with E-state index in [9.17, 15) is 14.0 Å². The number of para-hydroxylation sites is 1. The molecule has 0 saturated carbocycles. The Balaban J connectivity index is 1.39. The molecule has 0 unspecified atom stereocenters. The molecule has 3 aromatic heterocycles. The lowest BCUT2D eigenvalue weighted by Gasteiger charge is -2.31. The number of benzene rings is 3. The second-order valence-corrected chi connectivity index (χ2v) is 9.86. The molecule has 1 atom stereocenters. The summed E-state index contributed by atoms with van der Waals surface area (Å²) in [5, 5.41) is 16.1. The number of tetrazole rings is 1. The summed E-state index contributed by atoms with van der Waals surface area (Å²) >= 11 is 0. The quantitative estimate of drug-likeness (QED) is 0.257. The van der Waals surface area contributed by atoms with Crippen LogP contribution in [0.2, 0.25) is 0 Å². The fraction of sp³-hybridized carbons (Fsp3) is 0.125. The number of amides is 2. The van der Waals surface area contributed by atoms with Crippen LogP contribution in [0.3, 0.4) is 0 Å². The topological polar surface area (TPSA) is 119 Å². The normalized spacial score (nSPS) is 11.8. The van der Waals surface area contributed by atoms with Gasteiger partial charge in [0, 0.05) is 11.9 Å². The summed E-state index contributed by atoms with van der Waals surface area (Å²) in [6, 6.07) is 26.4. The third-order valence-electron chi connectivity index (χ3n) is 6.82. The predicted molar refractivity (Wildman–Crippen MR) is 157 cm³/mol. The molecule has 10 nitrogen and oxygen atoms in total. The molecular formula is C32H26FN7O3. The number of carbonyl (C=O) groups is 2. The fourth-order valence-corrected chi connectivity index (χ4v) is 4.73. The highest BCUT2D eigenvalue weighted by molar-refractivity contribution is 6.02. The minimum absolute atomic E-state index is 0.218. The van der Waals surface area contributed by atoms with Crippen LogP contribution in [0.25, 0.3) is 22.5 Å². The van der Waals surface area contributed by atoms with Crippen LogP contribution in [-0.2, 0) is 22.7 Å². The van der Waals surface area contributed by atoms with Crippen molar-refractivity contribution in [2.24, 2.45) is 0 Å². The van der Waals surface area contributed by atoms with E-state index in [1.54, 1.807) is 25.1 Å². The second-order valence-electron chi connectivity index (χ2n) is 9.86. The first-order chi connectivity index (χ1) is 20.9. The Morgan fingerprint density at radius 1 is 0.977 bits per heavy atom. The van der Waals surface area contributed by atoms with Gasteiger partial charge in [-0.3, -0.25) is 19.5 Å². The Morgan fingerprint density at radius 2 is 1.74 bits per heavy atom. The minimum atomic E-state index is -1.17. The number of carbonyl (C=O) groups excluding carboxylic acids is 2. The smallest absolute Gasteiger partial charge is 0.251 e. The number of nitrogens with one attached hydrogen (secondary N) is 1. The zero-order chi connectivity index (χ0) is 29.8. The number of pyridine rings is 1. The zero-order valence-electron chi connectivity index (χ0n) is 23.1. The van der Waals surface area contributed by atoms with Gasteiger partial charge >= 0.3 is 0 Å². The van der Waals surface area contributed by atoms with Gasteiger partial charge in [-0.25, -0.2) is 4.39 Å². The van der Waals surface area contributed by atoms with Gasteiger partial charge in [0.1, 0.15) is 24.2 Å². The molecule has 0 spiro atoms. The molecule has 1 N–H and O–H groups in total. The molecule has 3 heterocycles. The standard InChI is InChI=1S/C32H26FN7O3/c1-21-11-16-28(43-21)31-36-38-39(37-31)20-29(41)40(26-17-24-9-5-6-10-27(24)34-19-26)30(23-12-14-25(33)15-13-23)32(42)35-18-22-7-3-2-4-8-22/h2-17,19,30H,18,20H2,1H3,(H,35,42)/t30-/m0/s1. The number of fused-ring (bicyclic) bond motifs is 1. The summed E-state index contributed by atoms with van der Waals surface area (Å²) in [5.41, 5.74) is 2.38. The van der Waals surface area contributed by atoms with Gasteiger partial charge in [0.15, 0.2) is 5.76 Å². The fourth-order valence-electron chi connectivity index (χ4n) is 4.73. The molecule has 6 rings (SSSR count). The third-order valence-corrected chi connectivity index (χ3v) is 6.82. The lowest BCUT2D eigenvalue weighted by Crippen LogP contribution is -2.45. The summed E-state index contributed by atoms with van der Waals surface area (Å²) in [7, 11) is 0. The van der Waals surface area contributed by atoms with Crippen LogP contribution in [0.15, 0.2) is 108 Å². The Morgan fingerprint density at radius 3 is 2.51 bits per heavy atom. The van der Waals surface area contributed by atoms with Gasteiger partial charge in [0.2, 0.25) is 11.7 Å². The number of furan rings is 1. The van der Waals surface area contributed by atoms with Gasteiger partial charge in [-0.1, -0.05) is 60.7 Å². The minimum Gasteiger partial charge on any atom is -0.458 e. The molecule has 0 aliphatic heterocycles. The monoisotopic (exact) mass is 575 g/mol. The van der Waals surface area contributed by atoms with E-state index in [-0.39, 0.29) is 18.9 Å². The molecule has 0 saturated heterocycles. The van der Waals surface area contributed by atoms with E-state index in [0.29, 0.717) is 22.8 Å². The van der Waals surface area contributed by atoms with Crippen LogP contribution in [0.4, 0.5) is 10.1 Å². The Kier molecular flexibility index (Phi) is 7.68. The molecule has 2 amide bonds. The number of hydrogen-bond donors (Lipinski definition) is 1. The maximum absolute atomic E-state index is 14.2. The van der Waals surface area contributed by atoms with E-state index in [4.69, 9.17) is 4.42 Å². The van der Waals surface area contributed by atoms with Gasteiger partial charge in [-0.05, 0) is 59.7 Å². The van der Waals surface area contributed by atoms with Crippen molar-refractivity contribution >= 4 is 28.4 Å². The number of hydrogen-bond acceptors (Lipinski definition) is 7. The number of aromatic nitrogens is 5. The van der Waals surface area contributed by atoms with Gasteiger partial charge in [0.05, 0.1) is 17.4 Å². The number of rotatable bonds is 9. The third kappa shape index (κ3) is 6.15. The largest absolute Gasteiger partial charge is 0.458 e. The van der Waals surface area contributed by atoms with E-state index >= 15 is 0 Å². The average Bonchev–Trinajstić information content (AvgIpc) is 3.68. The first-order valence-electron chi connectivity index (χ1n) is 13.5. The van der Waals surface area contributed by atoms with Crippen LogP contribution >= 0.6 is 0 Å². The summed E-state index contributed by atoms with van der Waals surface area (Å²) in [6.07, 6.45) is 1.53. The number of aryl methyl sites for hydroxylation is 1. The van der Waals surface area contributed by atoms with Crippen molar-refractivity contribution in [3.63, 3.8) is 0 Å². The van der Waals surface area contributed by atoms with E-state index in [2.05, 4.69) is 25.7 Å². The molecule has 11 heteroatoms. The highest BCUT2D eigenvalue weighted by Crippen LogP contribution is 2.30. The highest BCUT2D eigenvalue weighted by atomic mass is 19.1. The molecule has 43 heavy (non-hydrogen) atoms. The second kappa shape index (κ2) is 12.0. The van der Waals surface area contributed by atoms with Gasteiger partial charge < -0.3 is 9.73 Å². The van der Waals surface area contributed by atoms with Crippen molar-refractivity contribution in [3.05, 3.63) is 126 Å². The molecule has 0 radical (unpaired) electrons. The molecule has 0 fully saturated rings. The van der Waals surface area contributed by atoms with Crippen molar-refractivity contribution < 1.29 is 18.4 Å². The van der Waals surface area contributed by atoms with Crippen molar-refractivity contribution in [3.8, 4) is 11.6 Å². The van der Waals surface area contributed by atoms with Crippen molar-refractivity contribution in [1.82, 2.24) is 30.5 Å². The number of nitrogens with zero attached hydrogens (tertiary/aromatic N) is 6. The van der Waals surface area contributed by atoms with Crippen molar-refractivity contribution in [2.75, 3.05) is 4.90 Å². The van der Waals surface area contributed by atoms with Crippen LogP contribution in [0.1, 0.15) is 22.9 Å². The lowest BCUT2D eigenvalue weighted by atomic mass is 10.0. The molecule has 3 aromatic carbocycles. The molecular weight excluding hydrogens is 549 g/mol. The van der Waals surface area contributed by atoms with E-state index in [1.165, 1.54) is 35.4 Å². The van der Waals surface area contributed by atoms with Crippen LogP contribution in [0, 0.1) is 12.7 Å². The van der Waals surface area contributed by atoms with Gasteiger partial charge in [-0.2, -0.15) is 4.80 Å². The summed E-state index contributed by atoms with van der Waals surface area (Å²) in [6.45, 7) is 1.68. The number of anilines is 1. The molecule has 0 aliphatic carbocycles. The Labute approximate surface area is 245 Å². The van der Waals surface area contributed by atoms with Crippen LogP contribution in [0.5, 0.6) is 0 Å². The Hall–Kier alpha value is -5.71. The van der Waals surface area contributed by atoms with Crippen molar-refractivity contribution in [2.45, 2.75) is 26.1 Å². The van der Waals surface area contributed by atoms with Crippen LogP contribution in [-0.4, -0.2) is 37.0 Å². The lowest BCUT2D eigenvalue weighted by molar-refractivity contribution is -0.127. The zero-order valence-corrected chi connectivity index (χ0v) is 23.1. The SMILES string of the molecule is Cc1ccc(-c2nnn(CC(=O)N(c3cnc4ccccc4c3)[C@H](C(=O)NCc3ccccc3)c3ccc(F)cc3)n2)o1. The summed E-state index contributed by atoms with van der Waals surface area (Å²) in [5.74, 6) is -0.131. The van der Waals surface area contributed by atoms with E-state index in [1.807, 2.05) is 54.6 Å². The number of halogens is 1. The molecule has 0 aliphatic rings. The van der Waals surface area contributed by atoms with Gasteiger partial charge in [0.25, 0.3) is 5.91 Å². The Bertz CT molecular complexity index is 1890. The summed E-state index contributed by atoms with van der Waals surface area (Å²) < 4.78 is 19.6. The average molecular weight is 576 g/mol. The first kappa shape index (κ1) is 27.5. The summed E-state index contributed by atoms with van der Waals surface area (Å²) in [4.78, 5) is 35.1. The maximum Gasteiger partial charge on any atom is 0.251 e. The first-order valence-corrected chi connectivity index (χ1v) is 13.5. The molecule has 6 aromatic rings. The van der Waals surface area contributed by atoms with Gasteiger partial charge in [-0.15, -0.1) is 10.2 Å². The molecule has 0 bridgehead atoms.